The summed E-state index contributed by atoms with van der Waals surface area (Å²) in [6.45, 7) is 6.97. The largest absolute Gasteiger partial charge is 0.313 e. The number of nitrogens with one attached hydrogen (secondary N) is 1. The van der Waals surface area contributed by atoms with E-state index in [9.17, 15) is 0 Å². The SMILES string of the molecule is CCCNC1CCCN(CCc2ccn(C)n2)C1. The molecule has 102 valence electrons. The Bertz CT molecular complexity index is 347. The molecule has 4 nitrogen and oxygen atoms in total. The third-order valence-corrected chi connectivity index (χ3v) is 3.64. The van der Waals surface area contributed by atoms with Crippen molar-refractivity contribution < 1.29 is 0 Å². The summed E-state index contributed by atoms with van der Waals surface area (Å²) in [5, 5.41) is 8.08. The van der Waals surface area contributed by atoms with Crippen LogP contribution < -0.4 is 5.32 Å². The third-order valence-electron chi connectivity index (χ3n) is 3.64. The molecule has 1 atom stereocenters. The molecule has 0 aromatic carbocycles. The standard InChI is InChI=1S/C14H26N4/c1-3-8-15-14-5-4-9-18(12-14)11-7-13-6-10-17(2)16-13/h6,10,14-15H,3-5,7-9,11-12H2,1-2H3. The average Bonchev–Trinajstić information content (AvgIpc) is 2.80. The summed E-state index contributed by atoms with van der Waals surface area (Å²) in [6.07, 6.45) is 6.98. The Morgan fingerprint density at radius 1 is 1.50 bits per heavy atom. The number of likely N-dealkylation sites (tertiary alicyclic amines) is 1. The van der Waals surface area contributed by atoms with Gasteiger partial charge in [-0.1, -0.05) is 6.92 Å². The number of aromatic nitrogens is 2. The van der Waals surface area contributed by atoms with Crippen molar-refractivity contribution in [2.75, 3.05) is 26.2 Å². The van der Waals surface area contributed by atoms with Gasteiger partial charge >= 0.3 is 0 Å². The van der Waals surface area contributed by atoms with Gasteiger partial charge in [0.15, 0.2) is 0 Å². The number of hydrogen-bond acceptors (Lipinski definition) is 3. The lowest BCUT2D eigenvalue weighted by atomic mass is 10.1. The van der Waals surface area contributed by atoms with Crippen molar-refractivity contribution in [1.29, 1.82) is 0 Å². The molecule has 1 aromatic rings. The van der Waals surface area contributed by atoms with Gasteiger partial charge in [0.05, 0.1) is 5.69 Å². The van der Waals surface area contributed by atoms with Crippen molar-refractivity contribution in [3.63, 3.8) is 0 Å². The molecular weight excluding hydrogens is 224 g/mol. The molecule has 1 N–H and O–H groups in total. The first-order valence-corrected chi connectivity index (χ1v) is 7.22. The average molecular weight is 250 g/mol. The van der Waals surface area contributed by atoms with Crippen molar-refractivity contribution in [3.05, 3.63) is 18.0 Å². The lowest BCUT2D eigenvalue weighted by Crippen LogP contribution is -2.46. The Balaban J connectivity index is 1.72. The molecule has 0 spiro atoms. The van der Waals surface area contributed by atoms with Crippen molar-refractivity contribution in [2.45, 2.75) is 38.6 Å². The van der Waals surface area contributed by atoms with Crippen LogP contribution in [0.15, 0.2) is 12.3 Å². The quantitative estimate of drug-likeness (QED) is 0.829. The van der Waals surface area contributed by atoms with Gasteiger partial charge in [0, 0.05) is 38.8 Å². The smallest absolute Gasteiger partial charge is 0.0637 e. The molecule has 0 radical (unpaired) electrons. The predicted molar refractivity (Wildman–Crippen MR) is 74.7 cm³/mol. The van der Waals surface area contributed by atoms with E-state index in [2.05, 4.69) is 28.3 Å². The van der Waals surface area contributed by atoms with Crippen LogP contribution in [-0.4, -0.2) is 46.9 Å². The van der Waals surface area contributed by atoms with Crippen LogP contribution in [0.4, 0.5) is 0 Å². The second kappa shape index (κ2) is 6.90. The zero-order valence-corrected chi connectivity index (χ0v) is 11.7. The number of nitrogens with zero attached hydrogens (tertiary/aromatic N) is 3. The zero-order chi connectivity index (χ0) is 12.8. The van der Waals surface area contributed by atoms with Gasteiger partial charge in [-0.05, 0) is 38.4 Å². The Morgan fingerprint density at radius 2 is 2.39 bits per heavy atom. The fourth-order valence-corrected chi connectivity index (χ4v) is 2.64. The van der Waals surface area contributed by atoms with Crippen LogP contribution in [-0.2, 0) is 13.5 Å². The molecule has 1 unspecified atom stereocenters. The molecule has 1 fully saturated rings. The van der Waals surface area contributed by atoms with E-state index in [-0.39, 0.29) is 0 Å². The number of piperidine rings is 1. The highest BCUT2D eigenvalue weighted by Crippen LogP contribution is 2.10. The van der Waals surface area contributed by atoms with Crippen LogP contribution in [0.2, 0.25) is 0 Å². The fourth-order valence-electron chi connectivity index (χ4n) is 2.64. The number of rotatable bonds is 6. The fraction of sp³-hybridized carbons (Fsp3) is 0.786. The van der Waals surface area contributed by atoms with Crippen molar-refractivity contribution in [3.8, 4) is 0 Å². The van der Waals surface area contributed by atoms with Crippen molar-refractivity contribution in [1.82, 2.24) is 20.0 Å². The maximum Gasteiger partial charge on any atom is 0.0637 e. The van der Waals surface area contributed by atoms with Gasteiger partial charge in [-0.25, -0.2) is 0 Å². The first-order chi connectivity index (χ1) is 8.78. The van der Waals surface area contributed by atoms with Crippen molar-refractivity contribution >= 4 is 0 Å². The number of aryl methyl sites for hydroxylation is 1. The van der Waals surface area contributed by atoms with Gasteiger partial charge in [0.25, 0.3) is 0 Å². The van der Waals surface area contributed by atoms with E-state index < -0.39 is 0 Å². The normalized spacial score (nSPS) is 21.3. The second-order valence-electron chi connectivity index (χ2n) is 5.32. The zero-order valence-electron chi connectivity index (χ0n) is 11.7. The van der Waals surface area contributed by atoms with Crippen LogP contribution in [0.1, 0.15) is 31.9 Å². The van der Waals surface area contributed by atoms with E-state index in [0.717, 1.165) is 19.5 Å². The van der Waals surface area contributed by atoms with Gasteiger partial charge in [-0.15, -0.1) is 0 Å². The van der Waals surface area contributed by atoms with Gasteiger partial charge in [0.2, 0.25) is 0 Å². The Labute approximate surface area is 110 Å². The highest BCUT2D eigenvalue weighted by atomic mass is 15.2. The van der Waals surface area contributed by atoms with Crippen LogP contribution >= 0.6 is 0 Å². The maximum absolute atomic E-state index is 4.44. The predicted octanol–water partition coefficient (Wildman–Crippen LogP) is 1.43. The summed E-state index contributed by atoms with van der Waals surface area (Å²) >= 11 is 0. The molecule has 1 aliphatic heterocycles. The first-order valence-electron chi connectivity index (χ1n) is 7.22. The first kappa shape index (κ1) is 13.6. The topological polar surface area (TPSA) is 33.1 Å². The minimum atomic E-state index is 0.697. The molecule has 1 aliphatic rings. The molecule has 4 heteroatoms. The maximum atomic E-state index is 4.44. The van der Waals surface area contributed by atoms with Gasteiger partial charge in [-0.2, -0.15) is 5.10 Å². The Morgan fingerprint density at radius 3 is 3.11 bits per heavy atom. The minimum absolute atomic E-state index is 0.697. The Hall–Kier alpha value is -0.870. The van der Waals surface area contributed by atoms with E-state index >= 15 is 0 Å². The monoisotopic (exact) mass is 250 g/mol. The van der Waals surface area contributed by atoms with E-state index in [1.165, 1.54) is 38.0 Å². The third kappa shape index (κ3) is 4.10. The lowest BCUT2D eigenvalue weighted by molar-refractivity contribution is 0.192. The van der Waals surface area contributed by atoms with E-state index in [0.29, 0.717) is 6.04 Å². The van der Waals surface area contributed by atoms with Gasteiger partial charge in [-0.3, -0.25) is 4.68 Å². The molecular formula is C14H26N4. The van der Waals surface area contributed by atoms with E-state index in [1.54, 1.807) is 0 Å². The van der Waals surface area contributed by atoms with E-state index in [4.69, 9.17) is 0 Å². The summed E-state index contributed by atoms with van der Waals surface area (Å²) in [4.78, 5) is 2.57. The van der Waals surface area contributed by atoms with Gasteiger partial charge < -0.3 is 10.2 Å². The summed E-state index contributed by atoms with van der Waals surface area (Å²) in [6, 6.07) is 2.82. The molecule has 0 bridgehead atoms. The van der Waals surface area contributed by atoms with E-state index in [1.807, 2.05) is 17.9 Å². The second-order valence-corrected chi connectivity index (χ2v) is 5.32. The summed E-state index contributed by atoms with van der Waals surface area (Å²) in [5.74, 6) is 0. The molecule has 0 saturated carbocycles. The molecule has 1 aromatic heterocycles. The lowest BCUT2D eigenvalue weighted by Gasteiger charge is -2.33. The van der Waals surface area contributed by atoms with Gasteiger partial charge in [0.1, 0.15) is 0 Å². The Kier molecular flexibility index (Phi) is 5.20. The molecule has 1 saturated heterocycles. The van der Waals surface area contributed by atoms with Crippen LogP contribution in [0.3, 0.4) is 0 Å². The van der Waals surface area contributed by atoms with Crippen molar-refractivity contribution in [2.24, 2.45) is 7.05 Å². The van der Waals surface area contributed by atoms with Crippen LogP contribution in [0.5, 0.6) is 0 Å². The highest BCUT2D eigenvalue weighted by Gasteiger charge is 2.18. The number of hydrogen-bond donors (Lipinski definition) is 1. The summed E-state index contributed by atoms with van der Waals surface area (Å²) < 4.78 is 1.89. The summed E-state index contributed by atoms with van der Waals surface area (Å²) in [7, 11) is 1.98. The highest BCUT2D eigenvalue weighted by molar-refractivity contribution is 4.99. The minimum Gasteiger partial charge on any atom is -0.313 e. The van der Waals surface area contributed by atoms with Crippen LogP contribution in [0.25, 0.3) is 0 Å². The molecule has 2 rings (SSSR count). The molecule has 0 amide bonds. The van der Waals surface area contributed by atoms with Crippen LogP contribution in [0, 0.1) is 0 Å². The molecule has 2 heterocycles. The molecule has 18 heavy (non-hydrogen) atoms. The molecule has 0 aliphatic carbocycles. The summed E-state index contributed by atoms with van der Waals surface area (Å²) in [5.41, 5.74) is 1.21.